The minimum Gasteiger partial charge on any atom is -0.314 e. The second-order valence-corrected chi connectivity index (χ2v) is 6.36. The van der Waals surface area contributed by atoms with Crippen molar-refractivity contribution in [3.63, 3.8) is 0 Å². The molecule has 2 aliphatic rings. The highest BCUT2D eigenvalue weighted by Gasteiger charge is 2.32. The molecule has 0 bridgehead atoms. The molecule has 2 aliphatic carbocycles. The second-order valence-electron chi connectivity index (χ2n) is 6.36. The molecule has 1 heterocycles. The van der Waals surface area contributed by atoms with E-state index in [0.29, 0.717) is 6.04 Å². The number of nitrogens with zero attached hydrogens (tertiary/aromatic N) is 2. The van der Waals surface area contributed by atoms with Crippen molar-refractivity contribution in [2.24, 2.45) is 11.8 Å². The summed E-state index contributed by atoms with van der Waals surface area (Å²) in [6, 6.07) is 3.53. The molecular weight excluding hydrogens is 222 g/mol. The molecule has 3 rings (SSSR count). The van der Waals surface area contributed by atoms with Gasteiger partial charge in [-0.2, -0.15) is 5.10 Å². The molecule has 0 saturated heterocycles. The fourth-order valence-electron chi connectivity index (χ4n) is 2.82. The Morgan fingerprint density at radius 3 is 2.61 bits per heavy atom. The molecule has 0 amide bonds. The second kappa shape index (κ2) is 5.04. The van der Waals surface area contributed by atoms with Gasteiger partial charge in [-0.25, -0.2) is 0 Å². The zero-order valence-electron chi connectivity index (χ0n) is 11.6. The van der Waals surface area contributed by atoms with Gasteiger partial charge < -0.3 is 5.32 Å². The lowest BCUT2D eigenvalue weighted by Crippen LogP contribution is -2.37. The summed E-state index contributed by atoms with van der Waals surface area (Å²) >= 11 is 0. The van der Waals surface area contributed by atoms with Crippen LogP contribution in [-0.4, -0.2) is 22.4 Å². The van der Waals surface area contributed by atoms with Gasteiger partial charge in [0.05, 0.1) is 5.69 Å². The highest BCUT2D eigenvalue weighted by Crippen LogP contribution is 2.36. The van der Waals surface area contributed by atoms with Gasteiger partial charge >= 0.3 is 0 Å². The first-order valence-electron chi connectivity index (χ1n) is 7.50. The highest BCUT2D eigenvalue weighted by atomic mass is 15.3. The molecule has 2 saturated carbocycles. The summed E-state index contributed by atoms with van der Waals surface area (Å²) in [4.78, 5) is 0. The first-order valence-corrected chi connectivity index (χ1v) is 7.50. The largest absolute Gasteiger partial charge is 0.314 e. The van der Waals surface area contributed by atoms with E-state index in [1.54, 1.807) is 0 Å². The van der Waals surface area contributed by atoms with Crippen LogP contribution in [0, 0.1) is 11.8 Å². The Morgan fingerprint density at radius 1 is 1.28 bits per heavy atom. The van der Waals surface area contributed by atoms with Gasteiger partial charge in [0, 0.05) is 18.3 Å². The molecule has 2 atom stereocenters. The smallest absolute Gasteiger partial charge is 0.0627 e. The van der Waals surface area contributed by atoms with Crippen LogP contribution in [-0.2, 0) is 6.42 Å². The van der Waals surface area contributed by atoms with Crippen LogP contribution in [0.5, 0.6) is 0 Å². The Morgan fingerprint density at radius 2 is 2.06 bits per heavy atom. The van der Waals surface area contributed by atoms with E-state index in [-0.39, 0.29) is 0 Å². The fourth-order valence-corrected chi connectivity index (χ4v) is 2.82. The molecule has 3 nitrogen and oxygen atoms in total. The summed E-state index contributed by atoms with van der Waals surface area (Å²) in [5.74, 6) is 1.77. The first kappa shape index (κ1) is 12.2. The van der Waals surface area contributed by atoms with Crippen molar-refractivity contribution in [1.29, 1.82) is 0 Å². The van der Waals surface area contributed by atoms with Crippen LogP contribution in [0.4, 0.5) is 0 Å². The van der Waals surface area contributed by atoms with Crippen molar-refractivity contribution in [3.05, 3.63) is 18.0 Å². The number of hydrogen-bond donors (Lipinski definition) is 1. The van der Waals surface area contributed by atoms with E-state index >= 15 is 0 Å². The van der Waals surface area contributed by atoms with Gasteiger partial charge in [0.15, 0.2) is 0 Å². The number of rotatable bonds is 6. The Balaban J connectivity index is 1.48. The van der Waals surface area contributed by atoms with Gasteiger partial charge in [-0.15, -0.1) is 0 Å². The summed E-state index contributed by atoms with van der Waals surface area (Å²) in [7, 11) is 0. The van der Waals surface area contributed by atoms with Gasteiger partial charge in [-0.05, 0) is 70.4 Å². The molecule has 3 heteroatoms. The van der Waals surface area contributed by atoms with E-state index in [1.807, 2.05) is 0 Å². The van der Waals surface area contributed by atoms with Crippen molar-refractivity contribution in [3.8, 4) is 0 Å². The molecule has 1 aromatic heterocycles. The fraction of sp³-hybridized carbons (Fsp3) is 0.800. The van der Waals surface area contributed by atoms with Crippen molar-refractivity contribution in [1.82, 2.24) is 15.1 Å². The molecular formula is C15H25N3. The standard InChI is InChI=1S/C15H25N3/c1-11(2)18-8-7-15(17-18)9-12-3-4-13(12)10-16-14-5-6-14/h7-8,11-14,16H,3-6,9-10H2,1-2H3. The van der Waals surface area contributed by atoms with Crippen molar-refractivity contribution < 1.29 is 0 Å². The van der Waals surface area contributed by atoms with E-state index < -0.39 is 0 Å². The zero-order chi connectivity index (χ0) is 12.5. The summed E-state index contributed by atoms with van der Waals surface area (Å²) < 4.78 is 2.07. The lowest BCUT2D eigenvalue weighted by Gasteiger charge is -2.36. The first-order chi connectivity index (χ1) is 8.72. The van der Waals surface area contributed by atoms with Crippen molar-refractivity contribution in [2.75, 3.05) is 6.54 Å². The number of nitrogens with one attached hydrogen (secondary N) is 1. The average molecular weight is 247 g/mol. The normalized spacial score (nSPS) is 27.5. The van der Waals surface area contributed by atoms with Crippen LogP contribution in [0.15, 0.2) is 12.3 Å². The van der Waals surface area contributed by atoms with Gasteiger partial charge in [0.25, 0.3) is 0 Å². The Hall–Kier alpha value is -0.830. The molecule has 2 fully saturated rings. The summed E-state index contributed by atoms with van der Waals surface area (Å²) in [6.45, 7) is 5.60. The van der Waals surface area contributed by atoms with Gasteiger partial charge in [0.2, 0.25) is 0 Å². The number of hydrogen-bond acceptors (Lipinski definition) is 2. The topological polar surface area (TPSA) is 29.9 Å². The Labute approximate surface area is 110 Å². The monoisotopic (exact) mass is 247 g/mol. The quantitative estimate of drug-likeness (QED) is 0.837. The minimum absolute atomic E-state index is 0.479. The van der Waals surface area contributed by atoms with Crippen LogP contribution >= 0.6 is 0 Å². The van der Waals surface area contributed by atoms with Crippen molar-refractivity contribution >= 4 is 0 Å². The maximum absolute atomic E-state index is 4.67. The molecule has 100 valence electrons. The average Bonchev–Trinajstić information content (AvgIpc) is 3.01. The molecule has 18 heavy (non-hydrogen) atoms. The lowest BCUT2D eigenvalue weighted by atomic mass is 9.71. The van der Waals surface area contributed by atoms with Gasteiger partial charge in [-0.1, -0.05) is 0 Å². The van der Waals surface area contributed by atoms with E-state index in [0.717, 1.165) is 17.9 Å². The third kappa shape index (κ3) is 2.77. The molecule has 0 aliphatic heterocycles. The van der Waals surface area contributed by atoms with Crippen LogP contribution < -0.4 is 5.32 Å². The maximum Gasteiger partial charge on any atom is 0.0627 e. The summed E-state index contributed by atoms with van der Waals surface area (Å²) in [5, 5.41) is 8.34. The Bertz CT molecular complexity index is 392. The summed E-state index contributed by atoms with van der Waals surface area (Å²) in [6.07, 6.45) is 8.90. The lowest BCUT2D eigenvalue weighted by molar-refractivity contribution is 0.169. The molecule has 0 spiro atoms. The molecule has 2 unspecified atom stereocenters. The van der Waals surface area contributed by atoms with E-state index in [2.05, 4.69) is 41.2 Å². The molecule has 1 N–H and O–H groups in total. The highest BCUT2D eigenvalue weighted by molar-refractivity contribution is 5.03. The minimum atomic E-state index is 0.479. The van der Waals surface area contributed by atoms with Gasteiger partial charge in [-0.3, -0.25) is 4.68 Å². The third-order valence-corrected chi connectivity index (χ3v) is 4.48. The van der Waals surface area contributed by atoms with E-state index in [4.69, 9.17) is 0 Å². The predicted molar refractivity (Wildman–Crippen MR) is 73.6 cm³/mol. The predicted octanol–water partition coefficient (Wildman–Crippen LogP) is 2.78. The van der Waals surface area contributed by atoms with Crippen LogP contribution in [0.25, 0.3) is 0 Å². The molecule has 1 aromatic rings. The van der Waals surface area contributed by atoms with Crippen LogP contribution in [0.2, 0.25) is 0 Å². The van der Waals surface area contributed by atoms with Crippen molar-refractivity contribution in [2.45, 2.75) is 58.0 Å². The van der Waals surface area contributed by atoms with Gasteiger partial charge in [0.1, 0.15) is 0 Å². The number of aromatic nitrogens is 2. The van der Waals surface area contributed by atoms with E-state index in [9.17, 15) is 0 Å². The van der Waals surface area contributed by atoms with Crippen LogP contribution in [0.3, 0.4) is 0 Å². The van der Waals surface area contributed by atoms with E-state index in [1.165, 1.54) is 44.3 Å². The molecule has 0 aromatic carbocycles. The zero-order valence-corrected chi connectivity index (χ0v) is 11.6. The third-order valence-electron chi connectivity index (χ3n) is 4.48. The maximum atomic E-state index is 4.67. The van der Waals surface area contributed by atoms with Crippen LogP contribution in [0.1, 0.15) is 51.3 Å². The summed E-state index contributed by atoms with van der Waals surface area (Å²) in [5.41, 5.74) is 1.28. The molecule has 0 radical (unpaired) electrons. The SMILES string of the molecule is CC(C)n1ccc(CC2CCC2CNC2CC2)n1. The Kier molecular flexibility index (Phi) is 3.42.